The lowest BCUT2D eigenvalue weighted by Gasteiger charge is -2.31. The van der Waals surface area contributed by atoms with Gasteiger partial charge in [0.25, 0.3) is 5.91 Å². The van der Waals surface area contributed by atoms with Crippen molar-refractivity contribution >= 4 is 5.91 Å². The molecule has 1 amide bonds. The Morgan fingerprint density at radius 1 is 1.20 bits per heavy atom. The lowest BCUT2D eigenvalue weighted by Crippen LogP contribution is -2.35. The molecule has 0 unspecified atom stereocenters. The molecule has 1 fully saturated rings. The Balaban J connectivity index is 1.57. The average Bonchev–Trinajstić information content (AvgIpc) is 3.42. The van der Waals surface area contributed by atoms with Crippen molar-refractivity contribution in [3.05, 3.63) is 59.6 Å². The van der Waals surface area contributed by atoms with Gasteiger partial charge in [-0.05, 0) is 38.4 Å². The first-order chi connectivity index (χ1) is 14.7. The molecular weight excluding hydrogens is 380 g/mol. The summed E-state index contributed by atoms with van der Waals surface area (Å²) in [5, 5.41) is 16.0. The van der Waals surface area contributed by atoms with Crippen molar-refractivity contribution in [2.45, 2.75) is 45.6 Å². The average molecular weight is 409 g/mol. The van der Waals surface area contributed by atoms with Gasteiger partial charge in [-0.3, -0.25) is 9.69 Å². The predicted octanol–water partition coefficient (Wildman–Crippen LogP) is 2.95. The molecule has 0 aliphatic carbocycles. The van der Waals surface area contributed by atoms with Gasteiger partial charge in [-0.2, -0.15) is 5.10 Å². The molecule has 4 rings (SSSR count). The molecule has 8 heteroatoms. The molecule has 8 nitrogen and oxygen atoms in total. The number of carbonyl (C=O) groups is 1. The summed E-state index contributed by atoms with van der Waals surface area (Å²) in [5.74, 6) is 1.41. The second-order valence-corrected chi connectivity index (χ2v) is 7.58. The third kappa shape index (κ3) is 4.43. The Labute approximate surface area is 176 Å². The normalized spacial score (nSPS) is 17.2. The van der Waals surface area contributed by atoms with E-state index in [0.717, 1.165) is 43.7 Å². The molecule has 30 heavy (non-hydrogen) atoms. The van der Waals surface area contributed by atoms with Crippen LogP contribution in [0.5, 0.6) is 0 Å². The van der Waals surface area contributed by atoms with Crippen LogP contribution in [-0.2, 0) is 13.0 Å². The summed E-state index contributed by atoms with van der Waals surface area (Å²) in [6, 6.07) is 9.90. The minimum absolute atomic E-state index is 0.0729. The van der Waals surface area contributed by atoms with Gasteiger partial charge in [-0.25, -0.2) is 4.68 Å². The number of nitrogens with zero attached hydrogens (tertiary/aromatic N) is 5. The Morgan fingerprint density at radius 2 is 2.00 bits per heavy atom. The van der Waals surface area contributed by atoms with Gasteiger partial charge < -0.3 is 9.73 Å². The van der Waals surface area contributed by atoms with Gasteiger partial charge in [0.2, 0.25) is 11.8 Å². The maximum Gasteiger partial charge on any atom is 0.254 e. The third-order valence-corrected chi connectivity index (χ3v) is 5.41. The highest BCUT2D eigenvalue weighted by atomic mass is 16.4. The number of para-hydroxylation sites is 1. The van der Waals surface area contributed by atoms with Gasteiger partial charge in [-0.1, -0.05) is 25.1 Å². The van der Waals surface area contributed by atoms with E-state index in [4.69, 9.17) is 9.52 Å². The first-order valence-corrected chi connectivity index (χ1v) is 10.6. The maximum atomic E-state index is 12.7. The highest BCUT2D eigenvalue weighted by Crippen LogP contribution is 2.30. The Hall–Kier alpha value is -3.00. The number of carbonyl (C=O) groups excluding carboxylic acids is 1. The largest absolute Gasteiger partial charge is 0.424 e. The number of aryl methyl sites for hydroxylation is 1. The number of aromatic nitrogens is 4. The second-order valence-electron chi connectivity index (χ2n) is 7.58. The highest BCUT2D eigenvalue weighted by Gasteiger charge is 2.29. The highest BCUT2D eigenvalue weighted by molar-refractivity contribution is 5.95. The van der Waals surface area contributed by atoms with Crippen molar-refractivity contribution in [3.63, 3.8) is 0 Å². The van der Waals surface area contributed by atoms with Gasteiger partial charge in [0.05, 0.1) is 23.5 Å². The van der Waals surface area contributed by atoms with E-state index in [1.165, 1.54) is 0 Å². The fourth-order valence-corrected chi connectivity index (χ4v) is 3.94. The van der Waals surface area contributed by atoms with E-state index in [1.54, 1.807) is 0 Å². The number of hydrogen-bond donors (Lipinski definition) is 1. The summed E-state index contributed by atoms with van der Waals surface area (Å²) in [5.41, 5.74) is 2.45. The van der Waals surface area contributed by atoms with E-state index in [2.05, 4.69) is 20.4 Å². The molecular formula is C22H28N6O2. The van der Waals surface area contributed by atoms with Crippen LogP contribution in [0.15, 0.2) is 40.9 Å². The van der Waals surface area contributed by atoms with Crippen molar-refractivity contribution in [1.82, 2.24) is 30.2 Å². The lowest BCUT2D eigenvalue weighted by atomic mass is 9.92. The molecule has 158 valence electrons. The quantitative estimate of drug-likeness (QED) is 0.647. The van der Waals surface area contributed by atoms with E-state index >= 15 is 0 Å². The van der Waals surface area contributed by atoms with Crippen molar-refractivity contribution in [2.75, 3.05) is 19.6 Å². The van der Waals surface area contributed by atoms with E-state index in [0.29, 0.717) is 30.4 Å². The van der Waals surface area contributed by atoms with Crippen LogP contribution in [0.2, 0.25) is 0 Å². The number of piperidine rings is 1. The van der Waals surface area contributed by atoms with Gasteiger partial charge >= 0.3 is 0 Å². The van der Waals surface area contributed by atoms with Gasteiger partial charge in [-0.15, -0.1) is 10.2 Å². The van der Waals surface area contributed by atoms with Gasteiger partial charge in [0.15, 0.2) is 0 Å². The fourth-order valence-electron chi connectivity index (χ4n) is 3.94. The number of benzene rings is 1. The SMILES string of the molecule is CCNC(=O)c1cn(-c2ccccc2)nc1[C@H]1CCCN(Cc2nnc(CC)o2)C1. The number of likely N-dealkylation sites (tertiary alicyclic amines) is 1. The van der Waals surface area contributed by atoms with Crippen LogP contribution in [0, 0.1) is 0 Å². The molecule has 0 saturated carbocycles. The summed E-state index contributed by atoms with van der Waals surface area (Å²) < 4.78 is 7.49. The molecule has 0 bridgehead atoms. The molecule has 1 N–H and O–H groups in total. The van der Waals surface area contributed by atoms with Gasteiger partial charge in [0, 0.05) is 31.6 Å². The number of hydrogen-bond acceptors (Lipinski definition) is 6. The van der Waals surface area contributed by atoms with Crippen LogP contribution in [0.3, 0.4) is 0 Å². The van der Waals surface area contributed by atoms with Gasteiger partial charge in [0.1, 0.15) is 0 Å². The Bertz CT molecular complexity index is 981. The molecule has 1 saturated heterocycles. The van der Waals surface area contributed by atoms with Crippen molar-refractivity contribution in [3.8, 4) is 5.69 Å². The molecule has 0 spiro atoms. The summed E-state index contributed by atoms with van der Waals surface area (Å²) in [4.78, 5) is 15.1. The number of rotatable bonds is 7. The maximum absolute atomic E-state index is 12.7. The molecule has 2 aromatic heterocycles. The minimum Gasteiger partial charge on any atom is -0.424 e. The zero-order valence-corrected chi connectivity index (χ0v) is 17.5. The first kappa shape index (κ1) is 20.3. The molecule has 3 heterocycles. The molecule has 0 radical (unpaired) electrons. The second kappa shape index (κ2) is 9.21. The van der Waals surface area contributed by atoms with Crippen LogP contribution in [0.4, 0.5) is 0 Å². The monoisotopic (exact) mass is 408 g/mol. The Morgan fingerprint density at radius 3 is 2.73 bits per heavy atom. The molecule has 1 aliphatic rings. The summed E-state index contributed by atoms with van der Waals surface area (Å²) >= 11 is 0. The Kier molecular flexibility index (Phi) is 6.23. The van der Waals surface area contributed by atoms with Crippen LogP contribution < -0.4 is 5.32 Å². The smallest absolute Gasteiger partial charge is 0.254 e. The van der Waals surface area contributed by atoms with E-state index in [-0.39, 0.29) is 11.8 Å². The molecule has 3 aromatic rings. The van der Waals surface area contributed by atoms with Crippen LogP contribution in [-0.4, -0.2) is 50.4 Å². The van der Waals surface area contributed by atoms with Crippen molar-refractivity contribution in [1.29, 1.82) is 0 Å². The number of amides is 1. The zero-order valence-electron chi connectivity index (χ0n) is 17.5. The standard InChI is InChI=1S/C22H28N6O2/c1-3-19-24-25-20(30-19)15-27-12-8-9-16(13-27)21-18(22(29)23-4-2)14-28(26-21)17-10-6-5-7-11-17/h5-7,10-11,14,16H,3-4,8-9,12-13,15H2,1-2H3,(H,23,29)/t16-/m0/s1. The van der Waals surface area contributed by atoms with Crippen molar-refractivity contribution in [2.24, 2.45) is 0 Å². The topological polar surface area (TPSA) is 89.1 Å². The first-order valence-electron chi connectivity index (χ1n) is 10.6. The zero-order chi connectivity index (χ0) is 20.9. The third-order valence-electron chi connectivity index (χ3n) is 5.41. The van der Waals surface area contributed by atoms with Crippen LogP contribution in [0.1, 0.15) is 60.4 Å². The van der Waals surface area contributed by atoms with E-state index in [1.807, 2.05) is 55.1 Å². The van der Waals surface area contributed by atoms with Crippen molar-refractivity contribution < 1.29 is 9.21 Å². The summed E-state index contributed by atoms with van der Waals surface area (Å²) in [6.07, 6.45) is 4.62. The van der Waals surface area contributed by atoms with Crippen LogP contribution in [0.25, 0.3) is 5.69 Å². The van der Waals surface area contributed by atoms with E-state index in [9.17, 15) is 4.79 Å². The number of nitrogens with one attached hydrogen (secondary N) is 1. The fraction of sp³-hybridized carbons (Fsp3) is 0.455. The van der Waals surface area contributed by atoms with Crippen LogP contribution >= 0.6 is 0 Å². The minimum atomic E-state index is -0.0729. The predicted molar refractivity (Wildman–Crippen MR) is 112 cm³/mol. The summed E-state index contributed by atoms with van der Waals surface area (Å²) in [7, 11) is 0. The molecule has 1 aromatic carbocycles. The molecule has 1 aliphatic heterocycles. The summed E-state index contributed by atoms with van der Waals surface area (Å²) in [6.45, 7) is 6.91. The molecule has 1 atom stereocenters. The lowest BCUT2D eigenvalue weighted by molar-refractivity contribution is 0.0953. The van der Waals surface area contributed by atoms with E-state index < -0.39 is 0 Å².